The third-order valence-corrected chi connectivity index (χ3v) is 3.57. The van der Waals surface area contributed by atoms with Crippen molar-refractivity contribution in [1.29, 1.82) is 0 Å². The lowest BCUT2D eigenvalue weighted by atomic mass is 9.99. The molecule has 0 bridgehead atoms. The van der Waals surface area contributed by atoms with Crippen LogP contribution in [0.1, 0.15) is 5.56 Å². The van der Waals surface area contributed by atoms with E-state index in [1.807, 2.05) is 0 Å². The molecule has 93 valence electrons. The minimum atomic E-state index is -4.39. The molecule has 0 N–H and O–H groups in total. The maximum absolute atomic E-state index is 12.9. The summed E-state index contributed by atoms with van der Waals surface area (Å²) >= 11 is 6.53. The minimum absolute atomic E-state index is 0.134. The van der Waals surface area contributed by atoms with Crippen LogP contribution in [-0.2, 0) is 6.18 Å². The van der Waals surface area contributed by atoms with E-state index in [0.29, 0.717) is 10.0 Å². The Bertz CT molecular complexity index is 577. The van der Waals surface area contributed by atoms with Gasteiger partial charge in [-0.15, -0.1) is 0 Å². The Labute approximate surface area is 119 Å². The fourth-order valence-corrected chi connectivity index (χ4v) is 2.43. The van der Waals surface area contributed by atoms with E-state index in [1.54, 1.807) is 18.2 Å². The van der Waals surface area contributed by atoms with Crippen LogP contribution in [0.3, 0.4) is 0 Å². The van der Waals surface area contributed by atoms with E-state index in [1.165, 1.54) is 12.1 Å². The lowest BCUT2D eigenvalue weighted by Gasteiger charge is -2.14. The maximum Gasteiger partial charge on any atom is 0.417 e. The summed E-state index contributed by atoms with van der Waals surface area (Å²) in [6.45, 7) is 0. The molecule has 0 saturated carbocycles. The van der Waals surface area contributed by atoms with Gasteiger partial charge in [-0.3, -0.25) is 0 Å². The van der Waals surface area contributed by atoms with E-state index in [0.717, 1.165) is 10.5 Å². The first-order chi connectivity index (χ1) is 8.39. The molecule has 0 aliphatic heterocycles. The molecule has 0 nitrogen and oxygen atoms in total. The number of hydrogen-bond donors (Lipinski definition) is 0. The van der Waals surface area contributed by atoms with Gasteiger partial charge in [-0.1, -0.05) is 44.0 Å². The third kappa shape index (κ3) is 2.78. The standard InChI is InChI=1S/C13H6Br2F3/c14-8-5-6-12(15)10(7-8)9-3-1-2-4-11(9)13(16,17)18/h1,3-7H. The summed E-state index contributed by atoms with van der Waals surface area (Å²) in [7, 11) is 0. The average molecular weight is 379 g/mol. The first kappa shape index (κ1) is 13.6. The van der Waals surface area contributed by atoms with Gasteiger partial charge in [0.15, 0.2) is 0 Å². The molecule has 0 heterocycles. The average Bonchev–Trinajstić information content (AvgIpc) is 2.31. The van der Waals surface area contributed by atoms with Crippen LogP contribution in [0.25, 0.3) is 11.1 Å². The largest absolute Gasteiger partial charge is 0.417 e. The smallest absolute Gasteiger partial charge is 0.166 e. The van der Waals surface area contributed by atoms with Crippen LogP contribution >= 0.6 is 31.9 Å². The van der Waals surface area contributed by atoms with Crippen molar-refractivity contribution in [2.45, 2.75) is 6.18 Å². The zero-order valence-corrected chi connectivity index (χ0v) is 12.0. The molecule has 5 heteroatoms. The molecule has 0 atom stereocenters. The summed E-state index contributed by atoms with van der Waals surface area (Å²) in [5.41, 5.74) is -0.0658. The van der Waals surface area contributed by atoms with Crippen LogP contribution < -0.4 is 0 Å². The Morgan fingerprint density at radius 3 is 2.39 bits per heavy atom. The number of rotatable bonds is 1. The molecule has 0 spiro atoms. The van der Waals surface area contributed by atoms with Gasteiger partial charge >= 0.3 is 6.18 Å². The predicted octanol–water partition coefficient (Wildman–Crippen LogP) is 5.70. The number of halogens is 5. The van der Waals surface area contributed by atoms with Gasteiger partial charge in [0, 0.05) is 8.95 Å². The van der Waals surface area contributed by atoms with Gasteiger partial charge in [0.05, 0.1) is 5.56 Å². The van der Waals surface area contributed by atoms with Gasteiger partial charge in [0.25, 0.3) is 0 Å². The summed E-state index contributed by atoms with van der Waals surface area (Å²) in [5.74, 6) is 0. The van der Waals surface area contributed by atoms with Crippen molar-refractivity contribution in [3.05, 3.63) is 57.0 Å². The Morgan fingerprint density at radius 2 is 1.72 bits per heavy atom. The molecule has 0 fully saturated rings. The first-order valence-corrected chi connectivity index (χ1v) is 6.51. The fraction of sp³-hybridized carbons (Fsp3) is 0.0769. The Kier molecular flexibility index (Phi) is 3.82. The zero-order valence-electron chi connectivity index (χ0n) is 8.85. The second kappa shape index (κ2) is 5.05. The summed E-state index contributed by atoms with van der Waals surface area (Å²) in [6.07, 6.45) is -4.39. The highest BCUT2D eigenvalue weighted by molar-refractivity contribution is 9.11. The molecule has 0 aliphatic carbocycles. The van der Waals surface area contributed by atoms with Gasteiger partial charge in [0.1, 0.15) is 0 Å². The first-order valence-electron chi connectivity index (χ1n) is 4.92. The van der Waals surface area contributed by atoms with Crippen molar-refractivity contribution in [1.82, 2.24) is 0 Å². The number of hydrogen-bond acceptors (Lipinski definition) is 0. The van der Waals surface area contributed by atoms with Crippen molar-refractivity contribution >= 4 is 31.9 Å². The SMILES string of the molecule is FC(F)(F)c1c[c]ccc1-c1cc(Br)ccc1Br. The van der Waals surface area contributed by atoms with Crippen LogP contribution in [0.2, 0.25) is 0 Å². The molecule has 2 rings (SSSR count). The Balaban J connectivity index is 2.68. The van der Waals surface area contributed by atoms with Crippen LogP contribution in [0.5, 0.6) is 0 Å². The quantitative estimate of drug-likeness (QED) is 0.597. The highest BCUT2D eigenvalue weighted by Crippen LogP contribution is 2.40. The number of alkyl halides is 3. The monoisotopic (exact) mass is 377 g/mol. The predicted molar refractivity (Wildman–Crippen MR) is 71.1 cm³/mol. The molecule has 0 aliphatic rings. The molecule has 0 saturated heterocycles. The molecule has 18 heavy (non-hydrogen) atoms. The highest BCUT2D eigenvalue weighted by Gasteiger charge is 2.33. The van der Waals surface area contributed by atoms with Gasteiger partial charge in [0.2, 0.25) is 0 Å². The zero-order chi connectivity index (χ0) is 13.3. The van der Waals surface area contributed by atoms with Crippen LogP contribution in [-0.4, -0.2) is 0 Å². The molecule has 0 unspecified atom stereocenters. The lowest BCUT2D eigenvalue weighted by molar-refractivity contribution is -0.137. The van der Waals surface area contributed by atoms with Crippen molar-refractivity contribution in [2.75, 3.05) is 0 Å². The summed E-state index contributed by atoms with van der Waals surface area (Å²) < 4.78 is 40.1. The van der Waals surface area contributed by atoms with Gasteiger partial charge < -0.3 is 0 Å². The van der Waals surface area contributed by atoms with Crippen LogP contribution in [0.4, 0.5) is 13.2 Å². The highest BCUT2D eigenvalue weighted by atomic mass is 79.9. The second-order valence-corrected chi connectivity index (χ2v) is 5.36. The van der Waals surface area contributed by atoms with Crippen molar-refractivity contribution in [3.63, 3.8) is 0 Å². The van der Waals surface area contributed by atoms with Crippen molar-refractivity contribution in [2.24, 2.45) is 0 Å². The lowest BCUT2D eigenvalue weighted by Crippen LogP contribution is -2.07. The molecule has 2 aromatic carbocycles. The summed E-state index contributed by atoms with van der Waals surface area (Å²) in [5, 5.41) is 0. The topological polar surface area (TPSA) is 0 Å². The Hall–Kier alpha value is -0.810. The van der Waals surface area contributed by atoms with E-state index in [9.17, 15) is 13.2 Å². The molecular weight excluding hydrogens is 373 g/mol. The second-order valence-electron chi connectivity index (χ2n) is 3.59. The van der Waals surface area contributed by atoms with E-state index in [-0.39, 0.29) is 5.56 Å². The number of benzene rings is 2. The van der Waals surface area contributed by atoms with E-state index >= 15 is 0 Å². The van der Waals surface area contributed by atoms with E-state index in [2.05, 4.69) is 37.9 Å². The van der Waals surface area contributed by atoms with Crippen molar-refractivity contribution in [3.8, 4) is 11.1 Å². The van der Waals surface area contributed by atoms with Crippen LogP contribution in [0, 0.1) is 6.07 Å². The molecular formula is C13H6Br2F3. The summed E-state index contributed by atoms with van der Waals surface area (Å²) in [4.78, 5) is 0. The van der Waals surface area contributed by atoms with Crippen LogP contribution in [0.15, 0.2) is 45.3 Å². The molecule has 0 aromatic heterocycles. The molecule has 0 amide bonds. The van der Waals surface area contributed by atoms with E-state index in [4.69, 9.17) is 0 Å². The molecule has 1 radical (unpaired) electrons. The van der Waals surface area contributed by atoms with Crippen molar-refractivity contribution < 1.29 is 13.2 Å². The Morgan fingerprint density at radius 1 is 1.00 bits per heavy atom. The van der Waals surface area contributed by atoms with E-state index < -0.39 is 11.7 Å². The normalized spacial score (nSPS) is 11.6. The molecule has 2 aromatic rings. The third-order valence-electron chi connectivity index (χ3n) is 2.39. The fourth-order valence-electron chi connectivity index (χ4n) is 1.60. The minimum Gasteiger partial charge on any atom is -0.166 e. The maximum atomic E-state index is 12.9. The van der Waals surface area contributed by atoms with Gasteiger partial charge in [-0.25, -0.2) is 0 Å². The summed E-state index contributed by atoms with van der Waals surface area (Å²) in [6, 6.07) is 11.4. The van der Waals surface area contributed by atoms with Gasteiger partial charge in [-0.2, -0.15) is 13.2 Å². The van der Waals surface area contributed by atoms with Gasteiger partial charge in [-0.05, 0) is 41.5 Å².